The number of aliphatic hydroxyl groups excluding tert-OH is 1. The highest BCUT2D eigenvalue weighted by Crippen LogP contribution is 2.46. The van der Waals surface area contributed by atoms with Crippen molar-refractivity contribution < 1.29 is 82.3 Å². The minimum atomic E-state index is -0.388. The van der Waals surface area contributed by atoms with Crippen LogP contribution < -0.4 is 21.3 Å². The molecule has 16 heterocycles. The highest BCUT2D eigenvalue weighted by atomic mass is 16.6. The van der Waals surface area contributed by atoms with E-state index in [1.807, 2.05) is 195 Å². The average molecular weight is 1940 g/mol. The molecule has 8 amide bonds. The molecule has 5 N–H and O–H groups in total. The van der Waals surface area contributed by atoms with Crippen molar-refractivity contribution in [3.05, 3.63) is 288 Å². The summed E-state index contributed by atoms with van der Waals surface area (Å²) in [5, 5.41) is 28.4. The molecule has 0 atom stereocenters. The Balaban J connectivity index is 0.000000134. The summed E-state index contributed by atoms with van der Waals surface area (Å²) in [6.45, 7) is 12.8. The number of benzene rings is 8. The van der Waals surface area contributed by atoms with Crippen LogP contribution in [0.4, 0.5) is 0 Å². The lowest BCUT2D eigenvalue weighted by Crippen LogP contribution is -2.22. The van der Waals surface area contributed by atoms with Crippen LogP contribution in [0, 0.1) is 0 Å². The first kappa shape index (κ1) is 95.5. The molecule has 0 saturated heterocycles. The van der Waals surface area contributed by atoms with Gasteiger partial charge in [-0.25, -0.2) is 0 Å². The van der Waals surface area contributed by atoms with E-state index in [2.05, 4.69) is 107 Å². The van der Waals surface area contributed by atoms with Crippen molar-refractivity contribution in [1.29, 1.82) is 0 Å². The number of ether oxygens (including phenoxy) is 7. The molecule has 8 aliphatic rings. The Bertz CT molecular complexity index is 7390. The molecule has 8 aromatic heterocycles. The van der Waals surface area contributed by atoms with Crippen molar-refractivity contribution in [1.82, 2.24) is 57.8 Å². The summed E-state index contributed by atoms with van der Waals surface area (Å²) >= 11 is 0. The fraction of sp³-hybridized carbons (Fsp3) is 0.310. The standard InChI is InChI=1S/C30H31N3O6.C29H29N3O3.C29H29N3O2.C28H27N3O5.4H2/c34-29-27-23-19-32(25-7-3-1-5-21(23)25)9-11-36-13-15-38-17-18-39-16-14-37-12-10-33-20-24(28(27)30(35)31-29)22-6-2-4-8-26(22)33;33-19-9-5-7-15-31-17-22(20-11-1-3-13-24(20)31)26-27(29(35)30-28(26)34)23-18-32(16-8-6-10-19)25-14-4-2-12-21(23)25;33-28-26-22-18-31(24-14-8-6-12-20(22)24)16-10-4-2-1-3-5-11-17-32-19-23(27(26)29(34)30-28)21-13-7-9-15-25(21)32;32-27-25-21-17-30(23-7-3-1-5-19(21)23)9-11-34-13-15-36-16-14-35-12-10-31-18-22(26(25)28(33)29-27)20-6-2-4-8-24(20)31;;;;/h1-8,19-20H,9-18H2,(H,31,34,35);1-4,11-14,17-19,33H,5-10,15-16H2,(H,30,34,35);6-9,12-15,18-19H,1-5,10-11,16-17H2,(H,30,33,34);1-8,17-18H,9-16H2,(H,29,32,33);4*1H. The van der Waals surface area contributed by atoms with Gasteiger partial charge in [0.05, 0.1) is 143 Å². The lowest BCUT2D eigenvalue weighted by atomic mass is 9.95. The normalized spacial score (nSPS) is 18.2. The summed E-state index contributed by atoms with van der Waals surface area (Å²) in [4.78, 5) is 106. The summed E-state index contributed by atoms with van der Waals surface area (Å²) in [5.41, 5.74) is 17.9. The smallest absolute Gasteiger partial charge is 0.259 e. The third-order valence-electron chi connectivity index (χ3n) is 28.6. The zero-order valence-electron chi connectivity index (χ0n) is 80.6. The van der Waals surface area contributed by atoms with E-state index >= 15 is 0 Å². The van der Waals surface area contributed by atoms with Crippen LogP contribution in [0.2, 0.25) is 0 Å². The molecule has 0 fully saturated rings. The highest BCUT2D eigenvalue weighted by Gasteiger charge is 2.41. The second kappa shape index (κ2) is 43.6. The number of hydrogen-bond acceptors (Lipinski definition) is 16. The molecule has 144 heavy (non-hydrogen) atoms. The van der Waals surface area contributed by atoms with E-state index in [0.717, 1.165) is 209 Å². The van der Waals surface area contributed by atoms with Crippen LogP contribution in [-0.4, -0.2) is 188 Å². The predicted molar refractivity (Wildman–Crippen MR) is 566 cm³/mol. The third kappa shape index (κ3) is 19.5. The van der Waals surface area contributed by atoms with Gasteiger partial charge >= 0.3 is 0 Å². The maximum atomic E-state index is 13.3. The molecule has 0 saturated carbocycles. The minimum absolute atomic E-state index is 0. The number of nitrogens with zero attached hydrogens (tertiary/aromatic N) is 8. The Hall–Kier alpha value is -14.7. The maximum Gasteiger partial charge on any atom is 0.259 e. The van der Waals surface area contributed by atoms with Gasteiger partial charge in [-0.15, -0.1) is 0 Å². The largest absolute Gasteiger partial charge is 0.393 e. The monoisotopic (exact) mass is 1940 g/mol. The number of carbonyl (C=O) groups is 8. The second-order valence-corrected chi connectivity index (χ2v) is 37.6. The van der Waals surface area contributed by atoms with Gasteiger partial charge in [-0.2, -0.15) is 0 Å². The lowest BCUT2D eigenvalue weighted by molar-refractivity contribution is -0.124. The Labute approximate surface area is 837 Å². The molecule has 0 radical (unpaired) electrons. The third-order valence-corrected chi connectivity index (χ3v) is 28.6. The Morgan fingerprint density at radius 2 is 0.340 bits per heavy atom. The highest BCUT2D eigenvalue weighted by molar-refractivity contribution is 6.54. The van der Waals surface area contributed by atoms with E-state index in [0.29, 0.717) is 163 Å². The fourth-order valence-electron chi connectivity index (χ4n) is 21.8. The molecule has 24 rings (SSSR count). The van der Waals surface area contributed by atoms with Gasteiger partial charge in [0.1, 0.15) is 0 Å². The molecule has 0 aliphatic carbocycles. The van der Waals surface area contributed by atoms with Gasteiger partial charge in [0, 0.05) is 239 Å². The average Bonchev–Trinajstić information content (AvgIpc) is 1.59. The van der Waals surface area contributed by atoms with Crippen LogP contribution in [0.1, 0.15) is 134 Å². The molecule has 0 unspecified atom stereocenters. The number of hydrogen-bond donors (Lipinski definition) is 5. The van der Waals surface area contributed by atoms with Crippen LogP contribution >= 0.6 is 0 Å². The first-order valence-corrected chi connectivity index (χ1v) is 50.6. The van der Waals surface area contributed by atoms with Crippen molar-refractivity contribution in [2.75, 3.05) is 92.5 Å². The van der Waals surface area contributed by atoms with E-state index in [9.17, 15) is 43.5 Å². The molecule has 0 spiro atoms. The maximum absolute atomic E-state index is 13.3. The number of imide groups is 4. The number of aliphatic hydroxyl groups is 1. The summed E-state index contributed by atoms with van der Waals surface area (Å²) < 4.78 is 57.1. The molecule has 16 aromatic rings. The molecule has 28 heteroatoms. The van der Waals surface area contributed by atoms with E-state index in [4.69, 9.17) is 33.2 Å². The number of aryl methyl sites for hydroxylation is 4. The Kier molecular flexibility index (Phi) is 28.9. The van der Waals surface area contributed by atoms with Crippen LogP contribution in [0.3, 0.4) is 0 Å². The molecular formula is C116H124N12O16. The number of fused-ring (bicyclic) bond motifs is 48. The second-order valence-electron chi connectivity index (χ2n) is 37.6. The first-order valence-electron chi connectivity index (χ1n) is 50.6. The van der Waals surface area contributed by atoms with E-state index < -0.39 is 0 Å². The number of amides is 8. The van der Waals surface area contributed by atoms with Gasteiger partial charge in [0.25, 0.3) is 47.3 Å². The van der Waals surface area contributed by atoms with Crippen LogP contribution in [0.15, 0.2) is 244 Å². The molecular weight excluding hydrogens is 1820 g/mol. The summed E-state index contributed by atoms with van der Waals surface area (Å²) in [6.07, 6.45) is 29.6. The van der Waals surface area contributed by atoms with E-state index in [1.54, 1.807) is 0 Å². The Morgan fingerprint density at radius 1 is 0.194 bits per heavy atom. The van der Waals surface area contributed by atoms with E-state index in [-0.39, 0.29) is 59.1 Å². The van der Waals surface area contributed by atoms with Gasteiger partial charge in [-0.05, 0) is 99.9 Å². The van der Waals surface area contributed by atoms with Crippen LogP contribution in [-0.2, 0) is 124 Å². The Morgan fingerprint density at radius 3 is 0.521 bits per heavy atom. The van der Waals surface area contributed by atoms with Gasteiger partial charge in [-0.3, -0.25) is 59.6 Å². The fourth-order valence-corrected chi connectivity index (χ4v) is 21.8. The topological polar surface area (TPSA) is 309 Å². The molecule has 8 aliphatic heterocycles. The number of carbonyl (C=O) groups excluding carboxylic acids is 8. The van der Waals surface area contributed by atoms with Crippen LogP contribution in [0.5, 0.6) is 0 Å². The van der Waals surface area contributed by atoms with Crippen LogP contribution in [0.25, 0.3) is 132 Å². The molecule has 16 bridgehead atoms. The van der Waals surface area contributed by atoms with Gasteiger partial charge < -0.3 is 74.8 Å². The summed E-state index contributed by atoms with van der Waals surface area (Å²) in [6, 6.07) is 64.2. The number of nitrogens with one attached hydrogen (secondary N) is 4. The summed E-state index contributed by atoms with van der Waals surface area (Å²) in [5.74, 6) is -2.83. The van der Waals surface area contributed by atoms with Gasteiger partial charge in [0.2, 0.25) is 0 Å². The zero-order chi connectivity index (χ0) is 98.1. The van der Waals surface area contributed by atoms with Crippen molar-refractivity contribution in [3.8, 4) is 0 Å². The van der Waals surface area contributed by atoms with E-state index in [1.165, 1.54) is 32.1 Å². The zero-order valence-corrected chi connectivity index (χ0v) is 80.6. The van der Waals surface area contributed by atoms with Crippen molar-refractivity contribution >= 4 is 179 Å². The SMILES string of the molecule is O=C1NC(=O)C2=C1c1cn(c3ccccc13)CCCCC(O)CCCCn1cc2c2ccccc21.O=C1NC(=O)C2=C1c1cn(c3ccccc13)CCCCCCCCCn1cc2c2ccccc21.O=C1NC(=O)C2=C1c1cn(c3ccccc13)CCOCCOCCOCCOCCn1cc2c2ccccc21.O=C1NC(=O)C2=C1c1cn(c3ccccc13)CCOCCOCCOCCn1cc2c2ccccc21.[HH].[HH].[HH].[HH]. The molecule has 8 aromatic carbocycles. The number of para-hydroxylation sites is 8. The lowest BCUT2D eigenvalue weighted by Gasteiger charge is -2.11. The minimum Gasteiger partial charge on any atom is -0.393 e. The van der Waals surface area contributed by atoms with Crippen molar-refractivity contribution in [2.24, 2.45) is 0 Å². The predicted octanol–water partition coefficient (Wildman–Crippen LogP) is 18.2. The number of rotatable bonds is 0. The van der Waals surface area contributed by atoms with Crippen molar-refractivity contribution in [2.45, 2.75) is 142 Å². The molecule has 744 valence electrons. The van der Waals surface area contributed by atoms with Gasteiger partial charge in [0.15, 0.2) is 0 Å². The quantitative estimate of drug-likeness (QED) is 0.0881. The first-order chi connectivity index (χ1) is 70.8. The van der Waals surface area contributed by atoms with Crippen molar-refractivity contribution in [3.63, 3.8) is 0 Å². The molecule has 28 nitrogen and oxygen atoms in total. The summed E-state index contributed by atoms with van der Waals surface area (Å²) in [7, 11) is 0. The number of aromatic nitrogens is 8. The van der Waals surface area contributed by atoms with Gasteiger partial charge in [-0.1, -0.05) is 178 Å².